The fraction of sp³-hybridized carbons (Fsp3) is 0.320. The van der Waals surface area contributed by atoms with Crippen molar-refractivity contribution < 1.29 is 4.79 Å². The zero-order valence-electron chi connectivity index (χ0n) is 19.7. The number of para-hydroxylation sites is 1. The molecule has 0 N–H and O–H groups in total. The minimum absolute atomic E-state index is 0.0435. The van der Waals surface area contributed by atoms with Crippen LogP contribution in [-0.2, 0) is 11.8 Å². The van der Waals surface area contributed by atoms with Gasteiger partial charge >= 0.3 is 0 Å². The Kier molecular flexibility index (Phi) is 6.54. The molecule has 180 valence electrons. The van der Waals surface area contributed by atoms with Crippen molar-refractivity contribution in [3.05, 3.63) is 82.3 Å². The van der Waals surface area contributed by atoms with Gasteiger partial charge in [-0.3, -0.25) is 14.3 Å². The average Bonchev–Trinajstić information content (AvgIpc) is 3.44. The van der Waals surface area contributed by atoms with Gasteiger partial charge in [0, 0.05) is 20.1 Å². The number of hydrogen-bond acceptors (Lipinski definition) is 6. The van der Waals surface area contributed by atoms with Gasteiger partial charge in [-0.2, -0.15) is 4.68 Å². The molecule has 0 radical (unpaired) electrons. The van der Waals surface area contributed by atoms with Crippen molar-refractivity contribution in [1.82, 2.24) is 34.5 Å². The number of benzene rings is 2. The summed E-state index contributed by atoms with van der Waals surface area (Å²) in [6, 6.07) is 19.1. The van der Waals surface area contributed by atoms with Gasteiger partial charge in [-0.1, -0.05) is 60.3 Å². The number of carbonyl (C=O) groups is 1. The zero-order valence-corrected chi connectivity index (χ0v) is 20.6. The number of carbonyl (C=O) groups excluding carboxylic acids is 1. The van der Waals surface area contributed by atoms with E-state index in [1.165, 1.54) is 16.4 Å². The molecule has 2 aromatic carbocycles. The van der Waals surface area contributed by atoms with E-state index in [1.807, 2.05) is 79.5 Å². The minimum atomic E-state index is -0.514. The number of rotatable bonds is 6. The number of piperidine rings is 1. The topological polar surface area (TPSA) is 90.8 Å². The van der Waals surface area contributed by atoms with Crippen LogP contribution in [0.3, 0.4) is 0 Å². The zero-order chi connectivity index (χ0) is 24.4. The van der Waals surface area contributed by atoms with Crippen molar-refractivity contribution in [1.29, 1.82) is 0 Å². The van der Waals surface area contributed by atoms with E-state index in [0.717, 1.165) is 43.6 Å². The second kappa shape index (κ2) is 9.91. The largest absolute Gasteiger partial charge is 0.341 e. The van der Waals surface area contributed by atoms with Gasteiger partial charge in [-0.15, -0.1) is 5.10 Å². The third-order valence-electron chi connectivity index (χ3n) is 6.39. The van der Waals surface area contributed by atoms with E-state index in [0.29, 0.717) is 16.5 Å². The van der Waals surface area contributed by atoms with Gasteiger partial charge in [-0.25, -0.2) is 4.68 Å². The summed E-state index contributed by atoms with van der Waals surface area (Å²) in [7, 11) is 1.83. The highest BCUT2D eigenvalue weighted by Gasteiger charge is 2.31. The first-order valence-corrected chi connectivity index (χ1v) is 12.6. The third kappa shape index (κ3) is 4.41. The maximum absolute atomic E-state index is 13.6. The fourth-order valence-corrected chi connectivity index (χ4v) is 5.53. The average molecular weight is 490 g/mol. The molecule has 0 unspecified atom stereocenters. The summed E-state index contributed by atoms with van der Waals surface area (Å²) in [6.07, 6.45) is 3.17. The quantitative estimate of drug-likeness (QED) is 0.386. The van der Waals surface area contributed by atoms with Crippen molar-refractivity contribution in [2.45, 2.75) is 36.6 Å². The number of hydrogen-bond donors (Lipinski definition) is 0. The molecule has 9 nitrogen and oxygen atoms in total. The van der Waals surface area contributed by atoms with E-state index in [-0.39, 0.29) is 11.5 Å². The van der Waals surface area contributed by atoms with Crippen LogP contribution in [0.1, 0.15) is 35.8 Å². The van der Waals surface area contributed by atoms with Crippen LogP contribution >= 0.6 is 11.8 Å². The van der Waals surface area contributed by atoms with Crippen molar-refractivity contribution in [3.8, 4) is 11.4 Å². The maximum atomic E-state index is 13.6. The summed E-state index contributed by atoms with van der Waals surface area (Å²) in [5, 5.41) is 12.1. The van der Waals surface area contributed by atoms with Crippen molar-refractivity contribution in [2.24, 2.45) is 7.05 Å². The van der Waals surface area contributed by atoms with Crippen LogP contribution in [0.4, 0.5) is 0 Å². The standard InChI is InChI=1S/C25H27N7O2S/c1-18-21(23(33)32(29(18)2)20-14-8-4-9-15-20)31-25(26-27-28-31)35-22(19-12-6-3-7-13-19)24(34)30-16-10-5-11-17-30/h3-4,6-9,12-15,22H,5,10-11,16-17H2,1-2H3/t22-/m0/s1. The lowest BCUT2D eigenvalue weighted by Gasteiger charge is -2.30. The Hall–Kier alpha value is -3.66. The molecule has 1 fully saturated rings. The molecular formula is C25H27N7O2S. The molecule has 1 amide bonds. The molecule has 10 heteroatoms. The molecule has 4 aromatic rings. The van der Waals surface area contributed by atoms with Crippen LogP contribution in [0, 0.1) is 6.92 Å². The van der Waals surface area contributed by atoms with Crippen LogP contribution in [0.2, 0.25) is 0 Å². The van der Waals surface area contributed by atoms with E-state index in [4.69, 9.17) is 0 Å². The van der Waals surface area contributed by atoms with Gasteiger partial charge in [0.25, 0.3) is 5.56 Å². The number of thioether (sulfide) groups is 1. The monoisotopic (exact) mass is 489 g/mol. The first-order chi connectivity index (χ1) is 17.1. The molecule has 1 atom stereocenters. The van der Waals surface area contributed by atoms with E-state index < -0.39 is 5.25 Å². The lowest BCUT2D eigenvalue weighted by atomic mass is 10.1. The van der Waals surface area contributed by atoms with Crippen LogP contribution < -0.4 is 5.56 Å². The second-order valence-corrected chi connectivity index (χ2v) is 9.65. The highest BCUT2D eigenvalue weighted by molar-refractivity contribution is 8.00. The highest BCUT2D eigenvalue weighted by Crippen LogP contribution is 2.37. The summed E-state index contributed by atoms with van der Waals surface area (Å²) in [5.74, 6) is 0.0435. The van der Waals surface area contributed by atoms with Gasteiger partial charge < -0.3 is 4.90 Å². The Morgan fingerprint density at radius 1 is 0.971 bits per heavy atom. The number of likely N-dealkylation sites (tertiary alicyclic amines) is 1. The summed E-state index contributed by atoms with van der Waals surface area (Å²) in [4.78, 5) is 29.1. The molecular weight excluding hydrogens is 462 g/mol. The molecule has 1 saturated heterocycles. The molecule has 0 bridgehead atoms. The molecule has 0 spiro atoms. The van der Waals surface area contributed by atoms with Crippen molar-refractivity contribution in [3.63, 3.8) is 0 Å². The molecule has 0 aliphatic carbocycles. The van der Waals surface area contributed by atoms with Gasteiger partial charge in [0.05, 0.1) is 11.4 Å². The lowest BCUT2D eigenvalue weighted by Crippen LogP contribution is -2.38. The summed E-state index contributed by atoms with van der Waals surface area (Å²) in [6.45, 7) is 3.38. The number of aromatic nitrogens is 6. The Bertz CT molecular complexity index is 1370. The Labute approximate surface area is 207 Å². The normalized spacial score (nSPS) is 14.7. The van der Waals surface area contributed by atoms with Crippen LogP contribution in [0.5, 0.6) is 0 Å². The molecule has 5 rings (SSSR count). The second-order valence-electron chi connectivity index (χ2n) is 8.58. The Balaban J connectivity index is 1.54. The number of nitrogens with zero attached hydrogens (tertiary/aromatic N) is 7. The fourth-order valence-electron chi connectivity index (χ4n) is 4.47. The van der Waals surface area contributed by atoms with Gasteiger partial charge in [0.2, 0.25) is 11.1 Å². The predicted molar refractivity (Wildman–Crippen MR) is 134 cm³/mol. The van der Waals surface area contributed by atoms with E-state index in [1.54, 1.807) is 9.36 Å². The Morgan fingerprint density at radius 3 is 2.31 bits per heavy atom. The van der Waals surface area contributed by atoms with Gasteiger partial charge in [-0.05, 0) is 54.3 Å². The lowest BCUT2D eigenvalue weighted by molar-refractivity contribution is -0.131. The first-order valence-electron chi connectivity index (χ1n) is 11.7. The van der Waals surface area contributed by atoms with E-state index in [2.05, 4.69) is 15.5 Å². The number of amides is 1. The molecule has 0 saturated carbocycles. The van der Waals surface area contributed by atoms with Gasteiger partial charge in [0.1, 0.15) is 5.25 Å². The first kappa shape index (κ1) is 23.1. The molecule has 1 aliphatic rings. The SMILES string of the molecule is Cc1c(-n2nnnc2S[C@H](C(=O)N2CCCCC2)c2ccccc2)c(=O)n(-c2ccccc2)n1C. The number of tetrazole rings is 1. The predicted octanol–water partition coefficient (Wildman–Crippen LogP) is 3.31. The van der Waals surface area contributed by atoms with E-state index >= 15 is 0 Å². The van der Waals surface area contributed by atoms with E-state index in [9.17, 15) is 9.59 Å². The van der Waals surface area contributed by atoms with Crippen molar-refractivity contribution in [2.75, 3.05) is 13.1 Å². The highest BCUT2D eigenvalue weighted by atomic mass is 32.2. The maximum Gasteiger partial charge on any atom is 0.297 e. The smallest absolute Gasteiger partial charge is 0.297 e. The third-order valence-corrected chi connectivity index (χ3v) is 7.57. The van der Waals surface area contributed by atoms with Gasteiger partial charge in [0.15, 0.2) is 5.69 Å². The molecule has 1 aliphatic heterocycles. The Morgan fingerprint density at radius 2 is 1.63 bits per heavy atom. The van der Waals surface area contributed by atoms with Crippen LogP contribution in [0.25, 0.3) is 11.4 Å². The molecule has 2 aromatic heterocycles. The summed E-state index contributed by atoms with van der Waals surface area (Å²) in [5.41, 5.74) is 2.48. The summed E-state index contributed by atoms with van der Waals surface area (Å²) < 4.78 is 4.84. The van der Waals surface area contributed by atoms with Crippen LogP contribution in [-0.4, -0.2) is 53.5 Å². The summed E-state index contributed by atoms with van der Waals surface area (Å²) >= 11 is 1.28. The minimum Gasteiger partial charge on any atom is -0.341 e. The molecule has 3 heterocycles. The molecule has 35 heavy (non-hydrogen) atoms. The van der Waals surface area contributed by atoms with Crippen LogP contribution in [0.15, 0.2) is 70.6 Å². The van der Waals surface area contributed by atoms with Crippen molar-refractivity contribution >= 4 is 17.7 Å².